The van der Waals surface area contributed by atoms with Gasteiger partial charge in [0.05, 0.1) is 11.7 Å². The van der Waals surface area contributed by atoms with Crippen LogP contribution in [0, 0.1) is 6.92 Å². The van der Waals surface area contributed by atoms with Crippen LogP contribution in [0.4, 0.5) is 0 Å². The number of aromatic nitrogens is 2. The van der Waals surface area contributed by atoms with Gasteiger partial charge in [0, 0.05) is 24.2 Å². The molecule has 0 aliphatic carbocycles. The van der Waals surface area contributed by atoms with E-state index in [4.69, 9.17) is 22.2 Å². The summed E-state index contributed by atoms with van der Waals surface area (Å²) in [5.41, 5.74) is 4.89. The monoisotopic (exact) mass is 294 g/mol. The maximum absolute atomic E-state index is 5.83. The average Bonchev–Trinajstić information content (AvgIpc) is 2.74. The highest BCUT2D eigenvalue weighted by molar-refractivity contribution is 6.30. The zero-order valence-electron chi connectivity index (χ0n) is 11.6. The maximum Gasteiger partial charge on any atom is 0.119 e. The van der Waals surface area contributed by atoms with Gasteiger partial charge in [0.15, 0.2) is 0 Å². The number of rotatable bonds is 6. The number of aryl methyl sites for hydroxylation is 2. The van der Waals surface area contributed by atoms with Crippen molar-refractivity contribution in [3.05, 3.63) is 46.7 Å². The van der Waals surface area contributed by atoms with Gasteiger partial charge in [-0.05, 0) is 37.3 Å². The van der Waals surface area contributed by atoms with Gasteiger partial charge >= 0.3 is 0 Å². The highest BCUT2D eigenvalue weighted by atomic mass is 35.5. The molecule has 0 saturated heterocycles. The minimum atomic E-state index is 0.0143. The van der Waals surface area contributed by atoms with Crippen LogP contribution in [0.15, 0.2) is 30.3 Å². The lowest BCUT2D eigenvalue weighted by molar-refractivity contribution is 0.262. The summed E-state index contributed by atoms with van der Waals surface area (Å²) in [6.07, 6.45) is 0.751. The highest BCUT2D eigenvalue weighted by Gasteiger charge is 2.12. The Labute approximate surface area is 123 Å². The van der Waals surface area contributed by atoms with E-state index < -0.39 is 0 Å². The number of halogens is 1. The molecule has 2 rings (SSSR count). The van der Waals surface area contributed by atoms with Crippen LogP contribution >= 0.6 is 11.6 Å². The molecule has 0 amide bonds. The van der Waals surface area contributed by atoms with Gasteiger partial charge in [0.1, 0.15) is 12.4 Å². The minimum absolute atomic E-state index is 0.0143. The van der Waals surface area contributed by atoms with Crippen molar-refractivity contribution in [2.75, 3.05) is 6.61 Å². The third-order valence-electron chi connectivity index (χ3n) is 3.05. The van der Waals surface area contributed by atoms with Crippen LogP contribution in [0.3, 0.4) is 0 Å². The molecule has 20 heavy (non-hydrogen) atoms. The van der Waals surface area contributed by atoms with Crippen molar-refractivity contribution in [1.82, 2.24) is 15.2 Å². The molecule has 3 N–H and O–H groups in total. The molecule has 0 spiro atoms. The van der Waals surface area contributed by atoms with Crippen molar-refractivity contribution in [3.63, 3.8) is 0 Å². The molecular formula is C14H19ClN4O. The molecule has 0 radical (unpaired) electrons. The van der Waals surface area contributed by atoms with E-state index in [1.807, 2.05) is 36.9 Å². The van der Waals surface area contributed by atoms with E-state index in [2.05, 4.69) is 10.5 Å². The van der Waals surface area contributed by atoms with Gasteiger partial charge in [-0.25, -0.2) is 0 Å². The molecule has 2 aromatic rings. The number of nitrogens with one attached hydrogen (secondary N) is 1. The number of hydrogen-bond acceptors (Lipinski definition) is 4. The molecule has 108 valence electrons. The molecule has 1 unspecified atom stereocenters. The fourth-order valence-corrected chi connectivity index (χ4v) is 2.13. The molecule has 1 heterocycles. The second-order valence-electron chi connectivity index (χ2n) is 4.73. The van der Waals surface area contributed by atoms with Crippen molar-refractivity contribution in [2.24, 2.45) is 12.9 Å². The second-order valence-corrected chi connectivity index (χ2v) is 5.17. The molecule has 0 aliphatic rings. The van der Waals surface area contributed by atoms with E-state index in [1.165, 1.54) is 0 Å². The summed E-state index contributed by atoms with van der Waals surface area (Å²) in [6.45, 7) is 2.45. The number of nitrogens with zero attached hydrogens (tertiary/aromatic N) is 2. The molecule has 6 heteroatoms. The summed E-state index contributed by atoms with van der Waals surface area (Å²) in [4.78, 5) is 0. The summed E-state index contributed by atoms with van der Waals surface area (Å²) in [7, 11) is 1.93. The van der Waals surface area contributed by atoms with E-state index in [0.717, 1.165) is 23.6 Å². The first kappa shape index (κ1) is 14.8. The summed E-state index contributed by atoms with van der Waals surface area (Å²) in [5.74, 6) is 6.36. The Morgan fingerprint density at radius 3 is 2.65 bits per heavy atom. The minimum Gasteiger partial charge on any atom is -0.492 e. The Bertz CT molecular complexity index is 553. The van der Waals surface area contributed by atoms with Crippen LogP contribution in [0.5, 0.6) is 5.75 Å². The Balaban J connectivity index is 1.92. The Hall–Kier alpha value is -1.56. The number of ether oxygens (including phenoxy) is 1. The highest BCUT2D eigenvalue weighted by Crippen LogP contribution is 2.16. The van der Waals surface area contributed by atoms with Crippen LogP contribution in [0.2, 0.25) is 5.02 Å². The Morgan fingerprint density at radius 1 is 1.40 bits per heavy atom. The van der Waals surface area contributed by atoms with Gasteiger partial charge in [0.25, 0.3) is 0 Å². The quantitative estimate of drug-likeness (QED) is 0.630. The fourth-order valence-electron chi connectivity index (χ4n) is 2.00. The first-order valence-corrected chi connectivity index (χ1v) is 6.80. The summed E-state index contributed by atoms with van der Waals surface area (Å²) in [5, 5.41) is 5.01. The molecular weight excluding hydrogens is 276 g/mol. The van der Waals surface area contributed by atoms with Gasteiger partial charge in [0.2, 0.25) is 0 Å². The van der Waals surface area contributed by atoms with E-state index in [1.54, 1.807) is 12.1 Å². The first-order chi connectivity index (χ1) is 9.58. The van der Waals surface area contributed by atoms with Crippen LogP contribution in [-0.4, -0.2) is 22.4 Å². The fraction of sp³-hybridized carbons (Fsp3) is 0.357. The maximum atomic E-state index is 5.83. The van der Waals surface area contributed by atoms with Crippen LogP contribution in [-0.2, 0) is 13.5 Å². The SMILES string of the molecule is Cc1cc(CC(COc2ccc(Cl)cc2)NN)n(C)n1. The van der Waals surface area contributed by atoms with Crippen molar-refractivity contribution in [2.45, 2.75) is 19.4 Å². The lowest BCUT2D eigenvalue weighted by atomic mass is 10.1. The van der Waals surface area contributed by atoms with E-state index in [9.17, 15) is 0 Å². The normalized spacial score (nSPS) is 12.4. The molecule has 0 fully saturated rings. The zero-order valence-corrected chi connectivity index (χ0v) is 12.4. The molecule has 0 aliphatic heterocycles. The van der Waals surface area contributed by atoms with E-state index >= 15 is 0 Å². The molecule has 0 bridgehead atoms. The van der Waals surface area contributed by atoms with Crippen LogP contribution in [0.1, 0.15) is 11.4 Å². The number of hydrazine groups is 1. The van der Waals surface area contributed by atoms with Gasteiger partial charge in [-0.2, -0.15) is 5.10 Å². The Morgan fingerprint density at radius 2 is 2.10 bits per heavy atom. The van der Waals surface area contributed by atoms with E-state index in [-0.39, 0.29) is 6.04 Å². The van der Waals surface area contributed by atoms with Gasteiger partial charge in [-0.3, -0.25) is 16.0 Å². The van der Waals surface area contributed by atoms with Crippen molar-refractivity contribution >= 4 is 11.6 Å². The number of nitrogens with two attached hydrogens (primary N) is 1. The molecule has 1 atom stereocenters. The van der Waals surface area contributed by atoms with Crippen molar-refractivity contribution in [1.29, 1.82) is 0 Å². The summed E-state index contributed by atoms with van der Waals surface area (Å²) < 4.78 is 7.57. The molecule has 0 saturated carbocycles. The predicted octanol–water partition coefficient (Wildman–Crippen LogP) is 1.84. The molecule has 1 aromatic carbocycles. The van der Waals surface area contributed by atoms with Crippen molar-refractivity contribution in [3.8, 4) is 5.75 Å². The van der Waals surface area contributed by atoms with Crippen LogP contribution in [0.25, 0.3) is 0 Å². The average molecular weight is 295 g/mol. The standard InChI is InChI=1S/C14H19ClN4O/c1-10-7-13(19(2)18-10)8-12(17-16)9-20-14-5-3-11(15)4-6-14/h3-7,12,17H,8-9,16H2,1-2H3. The third-order valence-corrected chi connectivity index (χ3v) is 3.31. The van der Waals surface area contributed by atoms with Crippen molar-refractivity contribution < 1.29 is 4.74 Å². The number of hydrogen-bond donors (Lipinski definition) is 2. The lowest BCUT2D eigenvalue weighted by Crippen LogP contribution is -2.41. The summed E-state index contributed by atoms with van der Waals surface area (Å²) in [6, 6.07) is 9.33. The first-order valence-electron chi connectivity index (χ1n) is 6.42. The molecule has 5 nitrogen and oxygen atoms in total. The van der Waals surface area contributed by atoms with E-state index in [0.29, 0.717) is 11.6 Å². The van der Waals surface area contributed by atoms with Gasteiger partial charge < -0.3 is 4.74 Å². The van der Waals surface area contributed by atoms with Gasteiger partial charge in [-0.1, -0.05) is 11.6 Å². The molecule has 1 aromatic heterocycles. The predicted molar refractivity (Wildman–Crippen MR) is 79.7 cm³/mol. The zero-order chi connectivity index (χ0) is 14.5. The lowest BCUT2D eigenvalue weighted by Gasteiger charge is -2.16. The summed E-state index contributed by atoms with van der Waals surface area (Å²) >= 11 is 5.83. The third kappa shape index (κ3) is 3.96. The Kier molecular flexibility index (Phi) is 5.00. The second kappa shape index (κ2) is 6.74. The smallest absolute Gasteiger partial charge is 0.119 e. The largest absolute Gasteiger partial charge is 0.492 e. The topological polar surface area (TPSA) is 65.1 Å². The van der Waals surface area contributed by atoms with Gasteiger partial charge in [-0.15, -0.1) is 0 Å². The van der Waals surface area contributed by atoms with Crippen LogP contribution < -0.4 is 16.0 Å². The number of benzene rings is 1.